The Morgan fingerprint density at radius 1 is 1.22 bits per heavy atom. The molecule has 150 valence electrons. The van der Waals surface area contributed by atoms with Crippen molar-refractivity contribution in [3.8, 4) is 11.5 Å². The molecule has 1 aliphatic rings. The molecule has 1 heterocycles. The number of carbonyl (C=O) groups is 2. The van der Waals surface area contributed by atoms with E-state index < -0.39 is 11.9 Å². The number of aliphatic carboxylic acids is 1. The summed E-state index contributed by atoms with van der Waals surface area (Å²) in [6, 6.07) is 7.12. The smallest absolute Gasteiger partial charge is 0.308 e. The van der Waals surface area contributed by atoms with Gasteiger partial charge < -0.3 is 24.6 Å². The summed E-state index contributed by atoms with van der Waals surface area (Å²) in [5.74, 6) is -0.186. The van der Waals surface area contributed by atoms with Gasteiger partial charge in [0, 0.05) is 25.8 Å². The van der Waals surface area contributed by atoms with Gasteiger partial charge in [-0.15, -0.1) is 0 Å². The normalized spacial score (nSPS) is 16.0. The Morgan fingerprint density at radius 3 is 2.52 bits per heavy atom. The van der Waals surface area contributed by atoms with E-state index in [-0.39, 0.29) is 25.0 Å². The summed E-state index contributed by atoms with van der Waals surface area (Å²) in [7, 11) is 0. The predicted octanol–water partition coefficient (Wildman–Crippen LogP) is 2.34. The van der Waals surface area contributed by atoms with Crippen LogP contribution in [0, 0.1) is 17.8 Å². The standard InChI is InChI=1S/C20H29NO6/c1-14(2)12-26-16-4-3-5-17(10-16)27-13-19(22)21-11-18(20(23)24)15-6-8-25-9-7-15/h3-5,10,14-15,18H,6-9,11-13H2,1-2H3,(H,21,22)(H,23,24). The summed E-state index contributed by atoms with van der Waals surface area (Å²) < 4.78 is 16.4. The van der Waals surface area contributed by atoms with Crippen LogP contribution in [-0.4, -0.2) is 50.0 Å². The van der Waals surface area contributed by atoms with Crippen LogP contribution < -0.4 is 14.8 Å². The highest BCUT2D eigenvalue weighted by atomic mass is 16.5. The van der Waals surface area contributed by atoms with Crippen molar-refractivity contribution in [3.05, 3.63) is 24.3 Å². The van der Waals surface area contributed by atoms with Gasteiger partial charge in [-0.1, -0.05) is 19.9 Å². The number of benzene rings is 1. The Balaban J connectivity index is 1.78. The molecule has 0 aliphatic carbocycles. The van der Waals surface area contributed by atoms with Crippen LogP contribution in [0.4, 0.5) is 0 Å². The number of rotatable bonds is 10. The predicted molar refractivity (Wildman–Crippen MR) is 99.9 cm³/mol. The molecule has 2 rings (SSSR count). The number of carboxylic acid groups (broad SMARTS) is 1. The maximum Gasteiger partial charge on any atom is 0.308 e. The summed E-state index contributed by atoms with van der Waals surface area (Å²) in [6.07, 6.45) is 1.40. The fraction of sp³-hybridized carbons (Fsp3) is 0.600. The number of nitrogens with one attached hydrogen (secondary N) is 1. The Bertz CT molecular complexity index is 612. The zero-order valence-electron chi connectivity index (χ0n) is 16.0. The number of hydrogen-bond donors (Lipinski definition) is 2. The van der Waals surface area contributed by atoms with Crippen molar-refractivity contribution in [3.63, 3.8) is 0 Å². The molecule has 2 N–H and O–H groups in total. The van der Waals surface area contributed by atoms with Crippen LogP contribution in [0.5, 0.6) is 11.5 Å². The lowest BCUT2D eigenvalue weighted by atomic mass is 9.86. The highest BCUT2D eigenvalue weighted by Gasteiger charge is 2.30. The summed E-state index contributed by atoms with van der Waals surface area (Å²) >= 11 is 0. The van der Waals surface area contributed by atoms with E-state index in [1.165, 1.54) is 0 Å². The highest BCUT2D eigenvalue weighted by molar-refractivity contribution is 5.78. The molecule has 0 saturated carbocycles. The van der Waals surface area contributed by atoms with Crippen LogP contribution >= 0.6 is 0 Å². The first-order valence-electron chi connectivity index (χ1n) is 9.38. The molecule has 1 fully saturated rings. The van der Waals surface area contributed by atoms with E-state index in [0.717, 1.165) is 0 Å². The lowest BCUT2D eigenvalue weighted by Crippen LogP contribution is -2.40. The largest absolute Gasteiger partial charge is 0.493 e. The average Bonchev–Trinajstić information content (AvgIpc) is 2.66. The molecule has 0 spiro atoms. The lowest BCUT2D eigenvalue weighted by molar-refractivity contribution is -0.145. The Labute approximate surface area is 160 Å². The topological polar surface area (TPSA) is 94.1 Å². The maximum absolute atomic E-state index is 12.0. The lowest BCUT2D eigenvalue weighted by Gasteiger charge is -2.27. The number of carboxylic acids is 1. The summed E-state index contributed by atoms with van der Waals surface area (Å²) in [5, 5.41) is 12.1. The third-order valence-electron chi connectivity index (χ3n) is 4.43. The molecule has 0 aromatic heterocycles. The molecule has 27 heavy (non-hydrogen) atoms. The van der Waals surface area contributed by atoms with Crippen molar-refractivity contribution < 1.29 is 28.9 Å². The number of amides is 1. The molecule has 1 aromatic carbocycles. The minimum absolute atomic E-state index is 0.0206. The second-order valence-electron chi connectivity index (χ2n) is 7.17. The summed E-state index contributed by atoms with van der Waals surface area (Å²) in [4.78, 5) is 23.5. The third kappa shape index (κ3) is 7.46. The van der Waals surface area contributed by atoms with Gasteiger partial charge in [-0.3, -0.25) is 9.59 Å². The molecule has 0 bridgehead atoms. The number of hydrogen-bond acceptors (Lipinski definition) is 5. The first-order chi connectivity index (χ1) is 13.0. The van der Waals surface area contributed by atoms with Gasteiger partial charge in [-0.05, 0) is 36.8 Å². The molecule has 1 atom stereocenters. The monoisotopic (exact) mass is 379 g/mol. The van der Waals surface area contributed by atoms with E-state index in [9.17, 15) is 14.7 Å². The summed E-state index contributed by atoms with van der Waals surface area (Å²) in [6.45, 7) is 5.80. The summed E-state index contributed by atoms with van der Waals surface area (Å²) in [5.41, 5.74) is 0. The molecule has 1 aromatic rings. The highest BCUT2D eigenvalue weighted by Crippen LogP contribution is 2.24. The van der Waals surface area contributed by atoms with Crippen LogP contribution in [0.1, 0.15) is 26.7 Å². The molecule has 1 unspecified atom stereocenters. The van der Waals surface area contributed by atoms with E-state index in [1.807, 2.05) is 6.07 Å². The second kappa shape index (κ2) is 10.8. The van der Waals surface area contributed by atoms with Crippen molar-refractivity contribution >= 4 is 11.9 Å². The first kappa shape index (κ1) is 21.0. The van der Waals surface area contributed by atoms with Crippen molar-refractivity contribution in [2.24, 2.45) is 17.8 Å². The maximum atomic E-state index is 12.0. The van der Waals surface area contributed by atoms with Gasteiger partial charge in [-0.2, -0.15) is 0 Å². The van der Waals surface area contributed by atoms with E-state index in [0.29, 0.717) is 50.1 Å². The fourth-order valence-corrected chi connectivity index (χ4v) is 2.91. The Hall–Kier alpha value is -2.28. The van der Waals surface area contributed by atoms with Gasteiger partial charge in [0.1, 0.15) is 11.5 Å². The molecule has 1 aliphatic heterocycles. The quantitative estimate of drug-likeness (QED) is 0.648. The fourth-order valence-electron chi connectivity index (χ4n) is 2.91. The molecule has 1 saturated heterocycles. The van der Waals surface area contributed by atoms with Crippen LogP contribution in [0.25, 0.3) is 0 Å². The van der Waals surface area contributed by atoms with Crippen molar-refractivity contribution in [1.29, 1.82) is 0 Å². The van der Waals surface area contributed by atoms with Gasteiger partial charge in [0.15, 0.2) is 6.61 Å². The van der Waals surface area contributed by atoms with Crippen LogP contribution in [0.2, 0.25) is 0 Å². The van der Waals surface area contributed by atoms with Crippen molar-refractivity contribution in [2.45, 2.75) is 26.7 Å². The minimum atomic E-state index is -0.891. The van der Waals surface area contributed by atoms with Crippen LogP contribution in [0.3, 0.4) is 0 Å². The van der Waals surface area contributed by atoms with E-state index in [4.69, 9.17) is 14.2 Å². The van der Waals surface area contributed by atoms with Gasteiger partial charge in [0.05, 0.1) is 12.5 Å². The molecule has 1 amide bonds. The molecule has 0 radical (unpaired) electrons. The zero-order chi connectivity index (χ0) is 19.6. The molecular formula is C20H29NO6. The molecule has 7 nitrogen and oxygen atoms in total. The zero-order valence-corrected chi connectivity index (χ0v) is 16.0. The molecule has 7 heteroatoms. The van der Waals surface area contributed by atoms with Gasteiger partial charge in [0.25, 0.3) is 5.91 Å². The van der Waals surface area contributed by atoms with Gasteiger partial charge in [-0.25, -0.2) is 0 Å². The molecular weight excluding hydrogens is 350 g/mol. The van der Waals surface area contributed by atoms with Crippen molar-refractivity contribution in [2.75, 3.05) is 33.0 Å². The van der Waals surface area contributed by atoms with Crippen LogP contribution in [0.15, 0.2) is 24.3 Å². The van der Waals surface area contributed by atoms with Gasteiger partial charge >= 0.3 is 5.97 Å². The minimum Gasteiger partial charge on any atom is -0.493 e. The SMILES string of the molecule is CC(C)COc1cccc(OCC(=O)NCC(C(=O)O)C2CCOCC2)c1. The number of ether oxygens (including phenoxy) is 3. The second-order valence-corrected chi connectivity index (χ2v) is 7.17. The Kier molecular flexibility index (Phi) is 8.39. The van der Waals surface area contributed by atoms with E-state index in [1.54, 1.807) is 18.2 Å². The van der Waals surface area contributed by atoms with Crippen LogP contribution in [-0.2, 0) is 14.3 Å². The van der Waals surface area contributed by atoms with Gasteiger partial charge in [0.2, 0.25) is 0 Å². The Morgan fingerprint density at radius 2 is 1.89 bits per heavy atom. The van der Waals surface area contributed by atoms with E-state index >= 15 is 0 Å². The number of carbonyl (C=O) groups excluding carboxylic acids is 1. The average molecular weight is 379 g/mol. The third-order valence-corrected chi connectivity index (χ3v) is 4.43. The van der Waals surface area contributed by atoms with E-state index in [2.05, 4.69) is 19.2 Å². The van der Waals surface area contributed by atoms with Crippen molar-refractivity contribution in [1.82, 2.24) is 5.32 Å². The first-order valence-corrected chi connectivity index (χ1v) is 9.38.